The molecule has 5 heteroatoms. The van der Waals surface area contributed by atoms with Gasteiger partial charge in [-0.2, -0.15) is 0 Å². The van der Waals surface area contributed by atoms with Crippen LogP contribution >= 0.6 is 0 Å². The maximum absolute atomic E-state index is 11.4. The number of rotatable bonds is 4. The molecule has 0 saturated carbocycles. The molecule has 0 spiro atoms. The monoisotopic (exact) mass is 201 g/mol. The van der Waals surface area contributed by atoms with E-state index in [1.165, 1.54) is 0 Å². The molecule has 1 heterocycles. The van der Waals surface area contributed by atoms with Crippen molar-refractivity contribution in [3.63, 3.8) is 0 Å². The Morgan fingerprint density at radius 2 is 2.21 bits per heavy atom. The molecule has 0 aromatic rings. The van der Waals surface area contributed by atoms with Gasteiger partial charge in [-0.05, 0) is 6.92 Å². The van der Waals surface area contributed by atoms with Crippen LogP contribution in [0.15, 0.2) is 0 Å². The number of hydrogen-bond acceptors (Lipinski definition) is 4. The van der Waals surface area contributed by atoms with Crippen molar-refractivity contribution in [1.29, 1.82) is 0 Å². The zero-order chi connectivity index (χ0) is 10.4. The fraction of sp³-hybridized carbons (Fsp3) is 0.889. The van der Waals surface area contributed by atoms with Crippen molar-refractivity contribution in [2.45, 2.75) is 13.0 Å². The quantitative estimate of drug-likeness (QED) is 0.512. The number of carbonyl (C=O) groups excluding carboxylic acids is 1. The predicted molar refractivity (Wildman–Crippen MR) is 54.0 cm³/mol. The number of aliphatic hydroxyl groups is 1. The Kier molecular flexibility index (Phi) is 4.86. The number of hydrogen-bond donors (Lipinski definition) is 3. The largest absolute Gasteiger partial charge is 0.394 e. The van der Waals surface area contributed by atoms with Crippen LogP contribution in [-0.2, 0) is 4.79 Å². The molecule has 1 amide bonds. The highest BCUT2D eigenvalue weighted by atomic mass is 16.3. The molecular weight excluding hydrogens is 182 g/mol. The van der Waals surface area contributed by atoms with Crippen LogP contribution in [0.25, 0.3) is 0 Å². The molecule has 0 aromatic carbocycles. The van der Waals surface area contributed by atoms with Gasteiger partial charge in [0.05, 0.1) is 13.2 Å². The molecule has 1 aliphatic rings. The standard InChI is InChI=1S/C9H19N3O2/c1-8(7-13)11-9(14)6-12-4-2-10-3-5-12/h8,10,13H,2-7H2,1H3,(H,11,14)/t8-/m0/s1. The lowest BCUT2D eigenvalue weighted by molar-refractivity contribution is -0.123. The first-order valence-electron chi connectivity index (χ1n) is 5.05. The highest BCUT2D eigenvalue weighted by Gasteiger charge is 2.14. The van der Waals surface area contributed by atoms with Gasteiger partial charge in [-0.25, -0.2) is 0 Å². The molecule has 1 saturated heterocycles. The Labute approximate surface area is 84.5 Å². The average molecular weight is 201 g/mol. The van der Waals surface area contributed by atoms with Gasteiger partial charge in [0.2, 0.25) is 5.91 Å². The van der Waals surface area contributed by atoms with Crippen LogP contribution < -0.4 is 10.6 Å². The summed E-state index contributed by atoms with van der Waals surface area (Å²) in [6.45, 7) is 5.95. The van der Waals surface area contributed by atoms with Crippen LogP contribution in [0.1, 0.15) is 6.92 Å². The minimum absolute atomic E-state index is 0.00606. The summed E-state index contributed by atoms with van der Waals surface area (Å²) in [6, 6.07) is -0.148. The number of amides is 1. The van der Waals surface area contributed by atoms with Gasteiger partial charge in [-0.3, -0.25) is 9.69 Å². The van der Waals surface area contributed by atoms with E-state index in [0.29, 0.717) is 6.54 Å². The highest BCUT2D eigenvalue weighted by molar-refractivity contribution is 5.78. The summed E-state index contributed by atoms with van der Waals surface area (Å²) in [7, 11) is 0. The van der Waals surface area contributed by atoms with E-state index in [0.717, 1.165) is 26.2 Å². The molecule has 1 rings (SSSR count). The summed E-state index contributed by atoms with van der Waals surface area (Å²) >= 11 is 0. The molecule has 0 aromatic heterocycles. The Balaban J connectivity index is 2.18. The zero-order valence-electron chi connectivity index (χ0n) is 8.62. The molecule has 1 atom stereocenters. The first-order valence-corrected chi connectivity index (χ1v) is 5.05. The van der Waals surface area contributed by atoms with Crippen LogP contribution in [0.2, 0.25) is 0 Å². The number of carbonyl (C=O) groups is 1. The van der Waals surface area contributed by atoms with Crippen LogP contribution in [0, 0.1) is 0 Å². The summed E-state index contributed by atoms with van der Waals surface area (Å²) in [5.74, 6) is -0.00606. The highest BCUT2D eigenvalue weighted by Crippen LogP contribution is 1.91. The Morgan fingerprint density at radius 1 is 1.57 bits per heavy atom. The lowest BCUT2D eigenvalue weighted by atomic mass is 10.3. The minimum Gasteiger partial charge on any atom is -0.394 e. The molecule has 1 fully saturated rings. The number of aliphatic hydroxyl groups excluding tert-OH is 1. The second kappa shape index (κ2) is 5.95. The van der Waals surface area contributed by atoms with Crippen LogP contribution in [0.4, 0.5) is 0 Å². The van der Waals surface area contributed by atoms with Crippen molar-refractivity contribution in [1.82, 2.24) is 15.5 Å². The van der Waals surface area contributed by atoms with Crippen molar-refractivity contribution >= 4 is 5.91 Å². The number of nitrogens with zero attached hydrogens (tertiary/aromatic N) is 1. The van der Waals surface area contributed by atoms with Gasteiger partial charge in [0.25, 0.3) is 0 Å². The normalized spacial score (nSPS) is 20.4. The third-order valence-corrected chi connectivity index (χ3v) is 2.26. The fourth-order valence-corrected chi connectivity index (χ4v) is 1.44. The van der Waals surface area contributed by atoms with E-state index in [9.17, 15) is 4.79 Å². The van der Waals surface area contributed by atoms with Gasteiger partial charge in [-0.15, -0.1) is 0 Å². The van der Waals surface area contributed by atoms with E-state index in [1.807, 2.05) is 0 Å². The molecule has 14 heavy (non-hydrogen) atoms. The first-order chi connectivity index (χ1) is 6.72. The van der Waals surface area contributed by atoms with E-state index in [1.54, 1.807) is 6.92 Å². The van der Waals surface area contributed by atoms with E-state index in [4.69, 9.17) is 5.11 Å². The minimum atomic E-state index is -0.148. The molecule has 0 unspecified atom stereocenters. The third kappa shape index (κ3) is 4.04. The van der Waals surface area contributed by atoms with Gasteiger partial charge in [0.15, 0.2) is 0 Å². The predicted octanol–water partition coefficient (Wildman–Crippen LogP) is -1.61. The fourth-order valence-electron chi connectivity index (χ4n) is 1.44. The van der Waals surface area contributed by atoms with Gasteiger partial charge < -0.3 is 15.7 Å². The third-order valence-electron chi connectivity index (χ3n) is 2.26. The number of nitrogens with one attached hydrogen (secondary N) is 2. The van der Waals surface area contributed by atoms with Crippen molar-refractivity contribution in [3.8, 4) is 0 Å². The lowest BCUT2D eigenvalue weighted by Crippen LogP contribution is -2.49. The van der Waals surface area contributed by atoms with Crippen LogP contribution in [-0.4, -0.2) is 61.3 Å². The van der Waals surface area contributed by atoms with Crippen molar-refractivity contribution in [2.75, 3.05) is 39.3 Å². The van der Waals surface area contributed by atoms with Gasteiger partial charge in [0, 0.05) is 32.2 Å². The molecule has 82 valence electrons. The second-order valence-electron chi connectivity index (χ2n) is 3.68. The van der Waals surface area contributed by atoms with Gasteiger partial charge in [0.1, 0.15) is 0 Å². The van der Waals surface area contributed by atoms with Gasteiger partial charge >= 0.3 is 0 Å². The first kappa shape index (κ1) is 11.4. The van der Waals surface area contributed by atoms with E-state index in [2.05, 4.69) is 15.5 Å². The maximum Gasteiger partial charge on any atom is 0.234 e. The summed E-state index contributed by atoms with van der Waals surface area (Å²) in [6.07, 6.45) is 0. The second-order valence-corrected chi connectivity index (χ2v) is 3.68. The summed E-state index contributed by atoms with van der Waals surface area (Å²) < 4.78 is 0. The van der Waals surface area contributed by atoms with Gasteiger partial charge in [-0.1, -0.05) is 0 Å². The van der Waals surface area contributed by atoms with Crippen molar-refractivity contribution in [3.05, 3.63) is 0 Å². The molecule has 1 aliphatic heterocycles. The lowest BCUT2D eigenvalue weighted by Gasteiger charge is -2.26. The Bertz CT molecular complexity index is 181. The molecule has 0 radical (unpaired) electrons. The van der Waals surface area contributed by atoms with E-state index < -0.39 is 0 Å². The molecule has 5 nitrogen and oxygen atoms in total. The van der Waals surface area contributed by atoms with E-state index in [-0.39, 0.29) is 18.6 Å². The van der Waals surface area contributed by atoms with Crippen molar-refractivity contribution in [2.24, 2.45) is 0 Å². The molecule has 0 bridgehead atoms. The van der Waals surface area contributed by atoms with E-state index >= 15 is 0 Å². The van der Waals surface area contributed by atoms with Crippen LogP contribution in [0.3, 0.4) is 0 Å². The number of piperazine rings is 1. The topological polar surface area (TPSA) is 64.6 Å². The summed E-state index contributed by atoms with van der Waals surface area (Å²) in [5.41, 5.74) is 0. The zero-order valence-corrected chi connectivity index (χ0v) is 8.62. The van der Waals surface area contributed by atoms with Crippen LogP contribution in [0.5, 0.6) is 0 Å². The molecule has 0 aliphatic carbocycles. The summed E-state index contributed by atoms with van der Waals surface area (Å²) in [5, 5.41) is 14.7. The SMILES string of the molecule is C[C@@H](CO)NC(=O)CN1CCNCC1. The summed E-state index contributed by atoms with van der Waals surface area (Å²) in [4.78, 5) is 13.5. The molecule has 3 N–H and O–H groups in total. The average Bonchev–Trinajstić information content (AvgIpc) is 2.19. The smallest absolute Gasteiger partial charge is 0.234 e. The molecular formula is C9H19N3O2. The van der Waals surface area contributed by atoms with Crippen molar-refractivity contribution < 1.29 is 9.90 Å². The Morgan fingerprint density at radius 3 is 2.79 bits per heavy atom. The Hall–Kier alpha value is -0.650. The maximum atomic E-state index is 11.4.